The molecule has 0 heterocycles. The van der Waals surface area contributed by atoms with Crippen LogP contribution < -0.4 is 5.32 Å². The van der Waals surface area contributed by atoms with E-state index in [0.29, 0.717) is 28.1 Å². The second-order valence-corrected chi connectivity index (χ2v) is 7.97. The van der Waals surface area contributed by atoms with Gasteiger partial charge in [-0.25, -0.2) is 0 Å². The first-order chi connectivity index (χ1) is 9.86. The number of hydrogen-bond donors (Lipinski definition) is 1. The molecule has 0 aliphatic heterocycles. The Hall–Kier alpha value is -0.770. The largest absolute Gasteiger partial charge is 0.381 e. The van der Waals surface area contributed by atoms with Crippen molar-refractivity contribution in [3.63, 3.8) is 0 Å². The lowest BCUT2D eigenvalue weighted by atomic mass is 9.71. The summed E-state index contributed by atoms with van der Waals surface area (Å²) in [4.78, 5) is 0.644. The molecule has 1 saturated carbocycles. The van der Waals surface area contributed by atoms with E-state index >= 15 is 0 Å². The van der Waals surface area contributed by atoms with Gasteiger partial charge in [-0.1, -0.05) is 44.7 Å². The number of halogens is 2. The highest BCUT2D eigenvalue weighted by Crippen LogP contribution is 2.39. The van der Waals surface area contributed by atoms with Crippen molar-refractivity contribution < 1.29 is 8.78 Å². The van der Waals surface area contributed by atoms with E-state index in [0.717, 1.165) is 24.4 Å². The first-order valence-electron chi connectivity index (χ1n) is 7.66. The number of benzene rings is 1. The highest BCUT2D eigenvalue weighted by molar-refractivity contribution is 7.99. The Bertz CT molecular complexity index is 448. The maximum atomic E-state index is 12.6. The molecule has 1 fully saturated rings. The standard InChI is InChI=1S/C17H25F2NS/c1-17(2,3)12-8-10-13(11-9-12)20-14-6-4-5-7-15(14)21-16(18)19/h4-7,12-13,16,20H,8-11H2,1-3H3. The van der Waals surface area contributed by atoms with E-state index in [-0.39, 0.29) is 0 Å². The Kier molecular flexibility index (Phi) is 5.53. The molecule has 0 saturated heterocycles. The minimum absolute atomic E-state index is 0.369. The molecule has 1 N–H and O–H groups in total. The van der Waals surface area contributed by atoms with E-state index in [1.165, 1.54) is 12.8 Å². The fourth-order valence-corrected chi connectivity index (χ4v) is 3.71. The Balaban J connectivity index is 1.95. The van der Waals surface area contributed by atoms with Gasteiger partial charge >= 0.3 is 0 Å². The van der Waals surface area contributed by atoms with Crippen molar-refractivity contribution >= 4 is 17.4 Å². The number of rotatable bonds is 4. The molecule has 0 aromatic heterocycles. The zero-order valence-electron chi connectivity index (χ0n) is 13.0. The molecule has 0 atom stereocenters. The molecule has 1 aromatic carbocycles. The molecule has 118 valence electrons. The lowest BCUT2D eigenvalue weighted by Gasteiger charge is -2.37. The molecule has 0 bridgehead atoms. The molecule has 2 rings (SSSR count). The summed E-state index contributed by atoms with van der Waals surface area (Å²) < 4.78 is 25.2. The number of para-hydroxylation sites is 1. The molecule has 4 heteroatoms. The Morgan fingerprint density at radius 2 is 1.71 bits per heavy atom. The van der Waals surface area contributed by atoms with Crippen molar-refractivity contribution in [2.45, 2.75) is 63.1 Å². The summed E-state index contributed by atoms with van der Waals surface area (Å²) in [5, 5.41) is 3.47. The van der Waals surface area contributed by atoms with Gasteiger partial charge in [0, 0.05) is 16.6 Å². The van der Waals surface area contributed by atoms with Crippen LogP contribution in [0.2, 0.25) is 0 Å². The maximum absolute atomic E-state index is 12.6. The number of hydrogen-bond acceptors (Lipinski definition) is 2. The lowest BCUT2D eigenvalue weighted by Crippen LogP contribution is -2.31. The summed E-state index contributed by atoms with van der Waals surface area (Å²) in [6.45, 7) is 6.92. The van der Waals surface area contributed by atoms with E-state index in [1.54, 1.807) is 6.07 Å². The van der Waals surface area contributed by atoms with Crippen molar-refractivity contribution in [2.75, 3.05) is 5.32 Å². The monoisotopic (exact) mass is 313 g/mol. The Labute approximate surface area is 130 Å². The maximum Gasteiger partial charge on any atom is 0.288 e. The van der Waals surface area contributed by atoms with Gasteiger partial charge < -0.3 is 5.32 Å². The van der Waals surface area contributed by atoms with Crippen LogP contribution in [-0.4, -0.2) is 11.8 Å². The number of nitrogens with one attached hydrogen (secondary N) is 1. The number of thioether (sulfide) groups is 1. The van der Waals surface area contributed by atoms with Gasteiger partial charge in [0.2, 0.25) is 0 Å². The van der Waals surface area contributed by atoms with Crippen LogP contribution in [0.4, 0.5) is 14.5 Å². The third kappa shape index (κ3) is 4.87. The first kappa shape index (κ1) is 16.6. The topological polar surface area (TPSA) is 12.0 Å². The summed E-state index contributed by atoms with van der Waals surface area (Å²) in [6, 6.07) is 7.79. The first-order valence-corrected chi connectivity index (χ1v) is 8.54. The number of alkyl halides is 2. The molecule has 1 nitrogen and oxygen atoms in total. The van der Waals surface area contributed by atoms with Crippen LogP contribution in [0, 0.1) is 11.3 Å². The molecule has 0 unspecified atom stereocenters. The second kappa shape index (κ2) is 6.99. The van der Waals surface area contributed by atoms with Gasteiger partial charge in [-0.05, 0) is 49.1 Å². The minimum Gasteiger partial charge on any atom is -0.381 e. The van der Waals surface area contributed by atoms with Crippen LogP contribution in [-0.2, 0) is 0 Å². The summed E-state index contributed by atoms with van der Waals surface area (Å²) in [5.41, 5.74) is 1.22. The van der Waals surface area contributed by atoms with Crippen LogP contribution in [0.3, 0.4) is 0 Å². The van der Waals surface area contributed by atoms with Crippen molar-refractivity contribution in [1.82, 2.24) is 0 Å². The van der Waals surface area contributed by atoms with E-state index < -0.39 is 5.76 Å². The lowest BCUT2D eigenvalue weighted by molar-refractivity contribution is 0.173. The highest BCUT2D eigenvalue weighted by Gasteiger charge is 2.29. The van der Waals surface area contributed by atoms with E-state index in [9.17, 15) is 8.78 Å². The van der Waals surface area contributed by atoms with Crippen molar-refractivity contribution in [1.29, 1.82) is 0 Å². The molecule has 0 radical (unpaired) electrons. The van der Waals surface area contributed by atoms with Crippen LogP contribution in [0.5, 0.6) is 0 Å². The molecule has 1 aromatic rings. The minimum atomic E-state index is -2.37. The van der Waals surface area contributed by atoms with Crippen molar-refractivity contribution in [3.05, 3.63) is 24.3 Å². The average Bonchev–Trinajstić information content (AvgIpc) is 2.40. The van der Waals surface area contributed by atoms with Crippen LogP contribution >= 0.6 is 11.8 Å². The fraction of sp³-hybridized carbons (Fsp3) is 0.647. The molecule has 1 aliphatic carbocycles. The van der Waals surface area contributed by atoms with Gasteiger partial charge in [-0.2, -0.15) is 8.78 Å². The third-order valence-corrected chi connectivity index (χ3v) is 5.20. The van der Waals surface area contributed by atoms with Crippen molar-refractivity contribution in [2.24, 2.45) is 11.3 Å². The molecular weight excluding hydrogens is 288 g/mol. The van der Waals surface area contributed by atoms with Gasteiger partial charge in [-0.3, -0.25) is 0 Å². The average molecular weight is 313 g/mol. The molecular formula is C17H25F2NS. The van der Waals surface area contributed by atoms with Gasteiger partial charge in [-0.15, -0.1) is 0 Å². The van der Waals surface area contributed by atoms with Gasteiger partial charge in [0.1, 0.15) is 0 Å². The predicted octanol–water partition coefficient (Wildman–Crippen LogP) is 6.02. The van der Waals surface area contributed by atoms with Gasteiger partial charge in [0.15, 0.2) is 0 Å². The summed E-state index contributed by atoms with van der Waals surface area (Å²) >= 11 is 0.623. The molecule has 0 amide bonds. The SMILES string of the molecule is CC(C)(C)C1CCC(Nc2ccccc2SC(F)F)CC1. The van der Waals surface area contributed by atoms with Gasteiger partial charge in [0.25, 0.3) is 5.76 Å². The van der Waals surface area contributed by atoms with E-state index in [2.05, 4.69) is 26.1 Å². The Morgan fingerprint density at radius 3 is 2.29 bits per heavy atom. The normalized spacial score (nSPS) is 23.3. The summed E-state index contributed by atoms with van der Waals surface area (Å²) in [5.74, 6) is -1.61. The summed E-state index contributed by atoms with van der Waals surface area (Å²) in [7, 11) is 0. The van der Waals surface area contributed by atoms with Gasteiger partial charge in [0.05, 0.1) is 0 Å². The zero-order chi connectivity index (χ0) is 15.5. The smallest absolute Gasteiger partial charge is 0.288 e. The van der Waals surface area contributed by atoms with Crippen molar-refractivity contribution in [3.8, 4) is 0 Å². The predicted molar refractivity (Wildman–Crippen MR) is 87.1 cm³/mol. The Morgan fingerprint density at radius 1 is 1.10 bits per heavy atom. The molecule has 1 aliphatic rings. The molecule has 21 heavy (non-hydrogen) atoms. The van der Waals surface area contributed by atoms with Crippen LogP contribution in [0.1, 0.15) is 46.5 Å². The van der Waals surface area contributed by atoms with E-state index in [1.807, 2.05) is 18.2 Å². The third-order valence-electron chi connectivity index (χ3n) is 4.41. The van der Waals surface area contributed by atoms with E-state index in [4.69, 9.17) is 0 Å². The zero-order valence-corrected chi connectivity index (χ0v) is 13.9. The second-order valence-electron chi connectivity index (χ2n) is 6.93. The highest BCUT2D eigenvalue weighted by atomic mass is 32.2. The van der Waals surface area contributed by atoms with Crippen LogP contribution in [0.15, 0.2) is 29.2 Å². The number of anilines is 1. The quantitative estimate of drug-likeness (QED) is 0.682. The fourth-order valence-electron chi connectivity index (χ4n) is 3.11. The summed E-state index contributed by atoms with van der Waals surface area (Å²) in [6.07, 6.45) is 4.67. The molecule has 0 spiro atoms. The van der Waals surface area contributed by atoms with Crippen LogP contribution in [0.25, 0.3) is 0 Å².